The average molecular weight is 519 g/mol. The van der Waals surface area contributed by atoms with Gasteiger partial charge in [0.1, 0.15) is 11.4 Å². The molecule has 0 atom stereocenters. The molecule has 9 heteroatoms. The zero-order valence-corrected chi connectivity index (χ0v) is 22.6. The van der Waals surface area contributed by atoms with E-state index < -0.39 is 5.60 Å². The van der Waals surface area contributed by atoms with Crippen molar-refractivity contribution >= 4 is 34.8 Å². The summed E-state index contributed by atoms with van der Waals surface area (Å²) in [7, 11) is 4.02. The Morgan fingerprint density at radius 3 is 2.43 bits per heavy atom. The smallest absolute Gasteiger partial charge is 0.273 e. The second-order valence-electron chi connectivity index (χ2n) is 10.1. The van der Waals surface area contributed by atoms with Crippen molar-refractivity contribution in [1.29, 1.82) is 0 Å². The molecular formula is C26H35ClN4O3S. The molecule has 0 bridgehead atoms. The summed E-state index contributed by atoms with van der Waals surface area (Å²) in [5.74, 6) is 0.721. The van der Waals surface area contributed by atoms with Gasteiger partial charge in [0.25, 0.3) is 11.8 Å². The number of ether oxygens (including phenoxy) is 1. The molecule has 0 saturated carbocycles. The van der Waals surface area contributed by atoms with Gasteiger partial charge in [0.2, 0.25) is 0 Å². The van der Waals surface area contributed by atoms with Crippen LogP contribution in [0, 0.1) is 0 Å². The molecule has 2 fully saturated rings. The summed E-state index contributed by atoms with van der Waals surface area (Å²) < 4.78 is 5.99. The fourth-order valence-electron chi connectivity index (χ4n) is 4.86. The highest BCUT2D eigenvalue weighted by Crippen LogP contribution is 2.33. The first-order chi connectivity index (χ1) is 16.7. The van der Waals surface area contributed by atoms with Gasteiger partial charge in [-0.2, -0.15) is 0 Å². The molecule has 0 spiro atoms. The predicted octanol–water partition coefficient (Wildman–Crippen LogP) is 4.53. The summed E-state index contributed by atoms with van der Waals surface area (Å²) in [6, 6.07) is 7.47. The minimum Gasteiger partial charge on any atom is -0.476 e. The van der Waals surface area contributed by atoms with E-state index in [0.29, 0.717) is 29.6 Å². The average Bonchev–Trinajstić information content (AvgIpc) is 3.35. The number of benzene rings is 1. The third-order valence-corrected chi connectivity index (χ3v) is 8.46. The van der Waals surface area contributed by atoms with E-state index in [1.54, 1.807) is 37.3 Å². The summed E-state index contributed by atoms with van der Waals surface area (Å²) in [5, 5.41) is 3.37. The van der Waals surface area contributed by atoms with Gasteiger partial charge < -0.3 is 19.4 Å². The molecule has 0 unspecified atom stereocenters. The lowest BCUT2D eigenvalue weighted by Crippen LogP contribution is -2.51. The summed E-state index contributed by atoms with van der Waals surface area (Å²) in [6.07, 6.45) is 3.64. The van der Waals surface area contributed by atoms with Crippen molar-refractivity contribution in [3.05, 3.63) is 45.4 Å². The fourth-order valence-corrected chi connectivity index (χ4v) is 6.00. The molecule has 7 nitrogen and oxygen atoms in total. The van der Waals surface area contributed by atoms with Crippen LogP contribution in [0.2, 0.25) is 5.02 Å². The van der Waals surface area contributed by atoms with Crippen LogP contribution in [0.25, 0.3) is 0 Å². The van der Waals surface area contributed by atoms with Gasteiger partial charge in [0.15, 0.2) is 5.60 Å². The topological polar surface area (TPSA) is 66.0 Å². The number of nitrogens with zero attached hydrogens (tertiary/aromatic N) is 4. The summed E-state index contributed by atoms with van der Waals surface area (Å²) in [6.45, 7) is 6.87. The largest absolute Gasteiger partial charge is 0.476 e. The Hall–Kier alpha value is -2.16. The maximum Gasteiger partial charge on any atom is 0.273 e. The van der Waals surface area contributed by atoms with Crippen LogP contribution in [-0.2, 0) is 4.79 Å². The van der Waals surface area contributed by atoms with E-state index in [-0.39, 0.29) is 23.8 Å². The van der Waals surface area contributed by atoms with Crippen LogP contribution in [0.4, 0.5) is 0 Å². The monoisotopic (exact) mass is 518 g/mol. The highest BCUT2D eigenvalue weighted by Gasteiger charge is 2.37. The number of hydrogen-bond acceptors (Lipinski definition) is 6. The molecule has 2 amide bonds. The van der Waals surface area contributed by atoms with Gasteiger partial charge in [-0.3, -0.25) is 9.59 Å². The second-order valence-corrected chi connectivity index (χ2v) is 11.4. The first-order valence-corrected chi connectivity index (χ1v) is 13.6. The minimum absolute atomic E-state index is 0.00754. The minimum atomic E-state index is -1.02. The Balaban J connectivity index is 1.32. The quantitative estimate of drug-likeness (QED) is 0.562. The zero-order chi connectivity index (χ0) is 25.2. The van der Waals surface area contributed by atoms with E-state index >= 15 is 0 Å². The number of piperidine rings is 2. The number of carbonyl (C=O) groups is 2. The van der Waals surface area contributed by atoms with E-state index in [4.69, 9.17) is 21.3 Å². The van der Waals surface area contributed by atoms with Crippen molar-refractivity contribution in [3.63, 3.8) is 0 Å². The molecule has 2 aliphatic rings. The number of halogens is 1. The SMILES string of the molecule is CN1CCC(N(C)C(=O)c2csc(C3CCN(C(=O)C(C)(C)Oc4ccccc4Cl)CC3)n2)CC1. The van der Waals surface area contributed by atoms with Gasteiger partial charge >= 0.3 is 0 Å². The highest BCUT2D eigenvalue weighted by molar-refractivity contribution is 7.09. The van der Waals surface area contributed by atoms with E-state index in [9.17, 15) is 9.59 Å². The predicted molar refractivity (Wildman–Crippen MR) is 139 cm³/mol. The number of carbonyl (C=O) groups excluding carboxylic acids is 2. The van der Waals surface area contributed by atoms with Crippen molar-refractivity contribution in [2.24, 2.45) is 0 Å². The molecule has 4 rings (SSSR count). The molecule has 190 valence electrons. The van der Waals surface area contributed by atoms with Gasteiger partial charge in [0, 0.05) is 37.5 Å². The van der Waals surface area contributed by atoms with Crippen LogP contribution >= 0.6 is 22.9 Å². The molecular weight excluding hydrogens is 484 g/mol. The normalized spacial score (nSPS) is 18.5. The number of aromatic nitrogens is 1. The van der Waals surface area contributed by atoms with Crippen molar-refractivity contribution in [3.8, 4) is 5.75 Å². The van der Waals surface area contributed by atoms with E-state index in [1.807, 2.05) is 34.4 Å². The molecule has 1 aromatic heterocycles. The van der Waals surface area contributed by atoms with Crippen molar-refractivity contribution in [1.82, 2.24) is 19.7 Å². The Morgan fingerprint density at radius 1 is 1.11 bits per heavy atom. The number of thiazole rings is 1. The first kappa shape index (κ1) is 25.9. The molecule has 1 aromatic carbocycles. The summed E-state index contributed by atoms with van der Waals surface area (Å²) in [4.78, 5) is 37.0. The van der Waals surface area contributed by atoms with Crippen molar-refractivity contribution < 1.29 is 14.3 Å². The van der Waals surface area contributed by atoms with Crippen LogP contribution in [0.1, 0.15) is 60.9 Å². The third-order valence-electron chi connectivity index (χ3n) is 7.15. The molecule has 35 heavy (non-hydrogen) atoms. The second kappa shape index (κ2) is 10.8. The van der Waals surface area contributed by atoms with Crippen LogP contribution in [0.5, 0.6) is 5.75 Å². The lowest BCUT2D eigenvalue weighted by molar-refractivity contribution is -0.146. The van der Waals surface area contributed by atoms with Crippen LogP contribution in [-0.4, -0.2) is 83.4 Å². The van der Waals surface area contributed by atoms with E-state index in [0.717, 1.165) is 43.8 Å². The van der Waals surface area contributed by atoms with E-state index in [2.05, 4.69) is 11.9 Å². The Kier molecular flexibility index (Phi) is 8.03. The fraction of sp³-hybridized carbons (Fsp3) is 0.577. The molecule has 0 radical (unpaired) electrons. The first-order valence-electron chi connectivity index (χ1n) is 12.3. The van der Waals surface area contributed by atoms with Crippen molar-refractivity contribution in [2.45, 2.75) is 57.1 Å². The standard InChI is InChI=1S/C26H35ClN4O3S/c1-26(2,34-22-8-6-5-7-20(22)27)25(33)31-15-9-18(10-16-31)23-28-21(17-35-23)24(32)30(4)19-11-13-29(3)14-12-19/h5-8,17-19H,9-16H2,1-4H3. The molecule has 2 saturated heterocycles. The Bertz CT molecular complexity index is 1040. The number of para-hydroxylation sites is 1. The van der Waals surface area contributed by atoms with Gasteiger partial charge in [-0.05, 0) is 71.8 Å². The maximum absolute atomic E-state index is 13.2. The van der Waals surface area contributed by atoms with Crippen LogP contribution < -0.4 is 4.74 Å². The zero-order valence-electron chi connectivity index (χ0n) is 21.0. The number of hydrogen-bond donors (Lipinski definition) is 0. The van der Waals surface area contributed by atoms with Crippen molar-refractivity contribution in [2.75, 3.05) is 40.3 Å². The van der Waals surface area contributed by atoms with Gasteiger partial charge in [0.05, 0.1) is 10.0 Å². The van der Waals surface area contributed by atoms with E-state index in [1.165, 1.54) is 0 Å². The van der Waals surface area contributed by atoms with Crippen LogP contribution in [0.3, 0.4) is 0 Å². The summed E-state index contributed by atoms with van der Waals surface area (Å²) >= 11 is 7.77. The highest BCUT2D eigenvalue weighted by atomic mass is 35.5. The maximum atomic E-state index is 13.2. The molecule has 2 aliphatic heterocycles. The third kappa shape index (κ3) is 5.98. The Labute approximate surface area is 217 Å². The molecule has 2 aromatic rings. The lowest BCUT2D eigenvalue weighted by Gasteiger charge is -2.36. The lowest BCUT2D eigenvalue weighted by atomic mass is 9.96. The van der Waals surface area contributed by atoms with Gasteiger partial charge in [-0.1, -0.05) is 23.7 Å². The van der Waals surface area contributed by atoms with Gasteiger partial charge in [-0.25, -0.2) is 4.98 Å². The number of amides is 2. The van der Waals surface area contributed by atoms with Crippen LogP contribution in [0.15, 0.2) is 29.6 Å². The molecule has 3 heterocycles. The number of rotatable bonds is 6. The summed E-state index contributed by atoms with van der Waals surface area (Å²) in [5.41, 5.74) is -0.476. The molecule has 0 N–H and O–H groups in total. The Morgan fingerprint density at radius 2 is 1.77 bits per heavy atom. The number of likely N-dealkylation sites (tertiary alicyclic amines) is 2. The molecule has 0 aliphatic carbocycles. The van der Waals surface area contributed by atoms with Gasteiger partial charge in [-0.15, -0.1) is 11.3 Å².